The summed E-state index contributed by atoms with van der Waals surface area (Å²) in [5, 5.41) is 23.8. The number of nitriles is 1. The first-order chi connectivity index (χ1) is 12.1. The van der Waals surface area contributed by atoms with Gasteiger partial charge >= 0.3 is 0 Å². The third kappa shape index (κ3) is 3.26. The molecular weight excluding hydrogens is 316 g/mol. The highest BCUT2D eigenvalue weighted by Crippen LogP contribution is 2.33. The Kier molecular flexibility index (Phi) is 4.57. The van der Waals surface area contributed by atoms with Gasteiger partial charge < -0.3 is 5.11 Å². The van der Waals surface area contributed by atoms with Crippen LogP contribution in [0.15, 0.2) is 47.1 Å². The average Bonchev–Trinajstić information content (AvgIpc) is 2.96. The fourth-order valence-electron chi connectivity index (χ4n) is 2.66. The molecule has 0 aliphatic carbocycles. The summed E-state index contributed by atoms with van der Waals surface area (Å²) in [4.78, 5) is 15.2. The van der Waals surface area contributed by atoms with Crippen molar-refractivity contribution in [3.63, 3.8) is 0 Å². The van der Waals surface area contributed by atoms with Crippen LogP contribution in [-0.2, 0) is 4.79 Å². The Hall–Kier alpha value is -3.46. The summed E-state index contributed by atoms with van der Waals surface area (Å²) in [6.07, 6.45) is 8.86. The minimum Gasteiger partial charge on any atom is -0.493 e. The molecule has 0 bridgehead atoms. The molecule has 0 saturated heterocycles. The number of rotatable bonds is 3. The molecule has 1 N–H and O–H groups in total. The number of hydrogen-bond acceptors (Lipinski definition) is 5. The number of aryl methyl sites for hydroxylation is 1. The van der Waals surface area contributed by atoms with Crippen LogP contribution in [0.4, 0.5) is 0 Å². The molecule has 0 saturated carbocycles. The van der Waals surface area contributed by atoms with E-state index in [-0.39, 0.29) is 5.88 Å². The number of hydrogen-bond donors (Lipinski definition) is 1. The zero-order valence-corrected chi connectivity index (χ0v) is 13.7. The van der Waals surface area contributed by atoms with Gasteiger partial charge in [-0.2, -0.15) is 15.0 Å². The molecule has 1 aromatic carbocycles. The predicted molar refractivity (Wildman–Crippen MR) is 94.9 cm³/mol. The standard InChI is InChI=1S/C19H16N4O2/c1-13-8-14(9-20)6-7-16(13)17-11-22-23(19(17)25)18-5-3-2-4-15(12-24)10-21-18/h4-8,10-12,25H,2-3H2,1H3/b15-4-,18-5+,21-10-. The molecule has 3 rings (SSSR count). The largest absolute Gasteiger partial charge is 0.493 e. The number of nitrogens with zero attached hydrogens (tertiary/aromatic N) is 4. The molecule has 0 atom stereocenters. The van der Waals surface area contributed by atoms with E-state index in [0.29, 0.717) is 35.4 Å². The van der Waals surface area contributed by atoms with Crippen LogP contribution in [0, 0.1) is 18.3 Å². The van der Waals surface area contributed by atoms with Gasteiger partial charge in [-0.05, 0) is 49.1 Å². The lowest BCUT2D eigenvalue weighted by molar-refractivity contribution is -0.104. The number of allylic oxidation sites excluding steroid dienone is 3. The number of aromatic nitrogens is 2. The van der Waals surface area contributed by atoms with Gasteiger partial charge in [0.1, 0.15) is 0 Å². The molecule has 25 heavy (non-hydrogen) atoms. The van der Waals surface area contributed by atoms with Gasteiger partial charge in [-0.3, -0.25) is 4.79 Å². The molecule has 6 heteroatoms. The van der Waals surface area contributed by atoms with Crippen LogP contribution in [0.2, 0.25) is 0 Å². The van der Waals surface area contributed by atoms with Crippen LogP contribution >= 0.6 is 0 Å². The highest BCUT2D eigenvalue weighted by atomic mass is 16.3. The summed E-state index contributed by atoms with van der Waals surface area (Å²) in [6.45, 7) is 1.88. The highest BCUT2D eigenvalue weighted by Gasteiger charge is 2.16. The molecule has 2 heterocycles. The zero-order valence-electron chi connectivity index (χ0n) is 13.7. The smallest absolute Gasteiger partial charge is 0.223 e. The van der Waals surface area contributed by atoms with E-state index in [2.05, 4.69) is 16.2 Å². The van der Waals surface area contributed by atoms with Gasteiger partial charge in [0.25, 0.3) is 0 Å². The quantitative estimate of drug-likeness (QED) is 0.874. The molecule has 1 aliphatic heterocycles. The number of carbonyl (C=O) groups is 1. The molecular formula is C19H16N4O2. The molecule has 124 valence electrons. The third-order valence-corrected chi connectivity index (χ3v) is 3.96. The van der Waals surface area contributed by atoms with Crippen molar-refractivity contribution in [1.82, 2.24) is 9.78 Å². The maximum absolute atomic E-state index is 10.9. The van der Waals surface area contributed by atoms with Crippen LogP contribution in [0.5, 0.6) is 5.88 Å². The number of aldehydes is 1. The molecule has 0 amide bonds. The van der Waals surface area contributed by atoms with Gasteiger partial charge in [0.05, 0.1) is 23.4 Å². The summed E-state index contributed by atoms with van der Waals surface area (Å²) < 4.78 is 1.34. The highest BCUT2D eigenvalue weighted by molar-refractivity contribution is 6.03. The Balaban J connectivity index is 2.01. The number of aliphatic imine (C=N–C) groups is 1. The molecule has 1 aromatic heterocycles. The average molecular weight is 332 g/mol. The maximum atomic E-state index is 10.9. The van der Waals surface area contributed by atoms with Gasteiger partial charge in [-0.15, -0.1) is 0 Å². The minimum absolute atomic E-state index is 0.0339. The van der Waals surface area contributed by atoms with E-state index in [1.165, 1.54) is 10.9 Å². The van der Waals surface area contributed by atoms with Gasteiger partial charge in [0.2, 0.25) is 5.88 Å². The second-order valence-electron chi connectivity index (χ2n) is 5.66. The van der Waals surface area contributed by atoms with Crippen LogP contribution in [0.25, 0.3) is 16.9 Å². The van der Waals surface area contributed by atoms with E-state index < -0.39 is 0 Å². The number of benzene rings is 1. The van der Waals surface area contributed by atoms with Gasteiger partial charge in [-0.1, -0.05) is 12.1 Å². The summed E-state index contributed by atoms with van der Waals surface area (Å²) in [6, 6.07) is 7.35. The summed E-state index contributed by atoms with van der Waals surface area (Å²) in [5.74, 6) is 0.427. The first kappa shape index (κ1) is 16.4. The maximum Gasteiger partial charge on any atom is 0.223 e. The minimum atomic E-state index is -0.0339. The Morgan fingerprint density at radius 3 is 2.80 bits per heavy atom. The Labute approximate surface area is 145 Å². The molecule has 0 spiro atoms. The third-order valence-electron chi connectivity index (χ3n) is 3.96. The predicted octanol–water partition coefficient (Wildman–Crippen LogP) is 3.22. The van der Waals surface area contributed by atoms with E-state index in [0.717, 1.165) is 17.4 Å². The van der Waals surface area contributed by atoms with Gasteiger partial charge in [-0.25, -0.2) is 4.99 Å². The topological polar surface area (TPSA) is 91.3 Å². The van der Waals surface area contributed by atoms with Gasteiger partial charge in [0.15, 0.2) is 12.1 Å². The Morgan fingerprint density at radius 2 is 2.08 bits per heavy atom. The van der Waals surface area contributed by atoms with E-state index >= 15 is 0 Å². The Bertz CT molecular complexity index is 958. The van der Waals surface area contributed by atoms with Crippen molar-refractivity contribution in [2.45, 2.75) is 19.8 Å². The lowest BCUT2D eigenvalue weighted by Gasteiger charge is -2.08. The van der Waals surface area contributed by atoms with Gasteiger partial charge in [0, 0.05) is 11.8 Å². The van der Waals surface area contributed by atoms with Crippen molar-refractivity contribution in [3.8, 4) is 23.1 Å². The molecule has 1 aliphatic rings. The fourth-order valence-corrected chi connectivity index (χ4v) is 2.66. The Morgan fingerprint density at radius 1 is 1.28 bits per heavy atom. The molecule has 6 nitrogen and oxygen atoms in total. The summed E-state index contributed by atoms with van der Waals surface area (Å²) >= 11 is 0. The fraction of sp³-hybridized carbons (Fsp3) is 0.158. The molecule has 0 fully saturated rings. The number of aromatic hydroxyl groups is 1. The van der Waals surface area contributed by atoms with Crippen LogP contribution < -0.4 is 0 Å². The van der Waals surface area contributed by atoms with Crippen molar-refractivity contribution in [3.05, 3.63) is 53.2 Å². The SMILES string of the molecule is Cc1cc(C#N)ccc1-c1cnn(C2=C/CC/C=C(C=O)/C=N\2)c1O. The van der Waals surface area contributed by atoms with Crippen molar-refractivity contribution in [1.29, 1.82) is 5.26 Å². The lowest BCUT2D eigenvalue weighted by atomic mass is 10.0. The zero-order chi connectivity index (χ0) is 17.8. The molecule has 0 unspecified atom stereocenters. The summed E-state index contributed by atoms with van der Waals surface area (Å²) in [5.41, 5.74) is 3.29. The van der Waals surface area contributed by atoms with Crippen LogP contribution in [-0.4, -0.2) is 27.4 Å². The lowest BCUT2D eigenvalue weighted by Crippen LogP contribution is -2.00. The normalized spacial score (nSPS) is 19.5. The monoisotopic (exact) mass is 332 g/mol. The van der Waals surface area contributed by atoms with Crippen molar-refractivity contribution < 1.29 is 9.90 Å². The second kappa shape index (κ2) is 6.97. The van der Waals surface area contributed by atoms with Crippen molar-refractivity contribution in [2.24, 2.45) is 4.99 Å². The first-order valence-corrected chi connectivity index (χ1v) is 7.82. The van der Waals surface area contributed by atoms with E-state index in [4.69, 9.17) is 5.26 Å². The van der Waals surface area contributed by atoms with Crippen LogP contribution in [0.3, 0.4) is 0 Å². The summed E-state index contributed by atoms with van der Waals surface area (Å²) in [7, 11) is 0. The first-order valence-electron chi connectivity index (χ1n) is 7.82. The second-order valence-corrected chi connectivity index (χ2v) is 5.66. The van der Waals surface area contributed by atoms with E-state index in [1.54, 1.807) is 24.4 Å². The van der Waals surface area contributed by atoms with E-state index in [1.807, 2.05) is 19.1 Å². The van der Waals surface area contributed by atoms with Crippen molar-refractivity contribution >= 4 is 18.3 Å². The molecule has 2 aromatic rings. The molecule has 0 radical (unpaired) electrons. The van der Waals surface area contributed by atoms with E-state index in [9.17, 15) is 9.90 Å². The van der Waals surface area contributed by atoms with Crippen LogP contribution in [0.1, 0.15) is 24.0 Å². The van der Waals surface area contributed by atoms with Crippen molar-refractivity contribution in [2.75, 3.05) is 0 Å². The number of carbonyl (C=O) groups excluding carboxylic acids is 1.